The summed E-state index contributed by atoms with van der Waals surface area (Å²) in [5, 5.41) is 0. The maximum atomic E-state index is 3.59. The molecule has 1 aliphatic carbocycles. The summed E-state index contributed by atoms with van der Waals surface area (Å²) in [6, 6.07) is 9.77. The van der Waals surface area contributed by atoms with Crippen molar-refractivity contribution in [1.82, 2.24) is 4.90 Å². The second-order valence-electron chi connectivity index (χ2n) is 5.83. The number of likely N-dealkylation sites (tertiary alicyclic amines) is 1. The summed E-state index contributed by atoms with van der Waals surface area (Å²) in [6.45, 7) is 2.59. The second kappa shape index (κ2) is 5.75. The Morgan fingerprint density at radius 2 is 1.89 bits per heavy atom. The van der Waals surface area contributed by atoms with E-state index >= 15 is 0 Å². The van der Waals surface area contributed by atoms with Gasteiger partial charge in [0.1, 0.15) is 0 Å². The van der Waals surface area contributed by atoms with E-state index in [0.29, 0.717) is 0 Å². The van der Waals surface area contributed by atoms with Gasteiger partial charge >= 0.3 is 0 Å². The first-order valence-electron chi connectivity index (χ1n) is 7.32. The molecule has 1 saturated heterocycles. The maximum Gasteiger partial charge on any atom is 0.0178 e. The van der Waals surface area contributed by atoms with Crippen LogP contribution in [0.5, 0.6) is 0 Å². The molecule has 1 heterocycles. The topological polar surface area (TPSA) is 3.24 Å². The Hall–Kier alpha value is -0.340. The summed E-state index contributed by atoms with van der Waals surface area (Å²) in [5.41, 5.74) is 1.52. The van der Waals surface area contributed by atoms with Crippen molar-refractivity contribution in [2.45, 2.75) is 50.5 Å². The lowest BCUT2D eigenvalue weighted by Crippen LogP contribution is -2.34. The molecule has 98 valence electrons. The zero-order valence-electron chi connectivity index (χ0n) is 10.9. The molecule has 18 heavy (non-hydrogen) atoms. The average molecular weight is 308 g/mol. The third kappa shape index (κ3) is 2.80. The molecular weight excluding hydrogens is 286 g/mol. The molecular formula is C16H22BrN. The van der Waals surface area contributed by atoms with E-state index in [1.807, 2.05) is 0 Å². The molecule has 1 aromatic carbocycles. The fourth-order valence-electron chi connectivity index (χ4n) is 3.60. The molecule has 2 fully saturated rings. The normalized spacial score (nSPS) is 26.6. The zero-order valence-corrected chi connectivity index (χ0v) is 12.5. The molecule has 2 heteroatoms. The highest BCUT2D eigenvalue weighted by Gasteiger charge is 2.29. The van der Waals surface area contributed by atoms with E-state index in [4.69, 9.17) is 0 Å². The lowest BCUT2D eigenvalue weighted by molar-refractivity contribution is 0.189. The molecule has 0 N–H and O–H groups in total. The van der Waals surface area contributed by atoms with Gasteiger partial charge in [-0.2, -0.15) is 0 Å². The maximum absolute atomic E-state index is 3.59. The third-order valence-corrected chi connectivity index (χ3v) is 5.12. The fourth-order valence-corrected chi connectivity index (χ4v) is 4.01. The van der Waals surface area contributed by atoms with Gasteiger partial charge in [-0.1, -0.05) is 47.3 Å². The van der Waals surface area contributed by atoms with Crippen molar-refractivity contribution in [1.29, 1.82) is 0 Å². The number of rotatable bonds is 2. The molecule has 0 bridgehead atoms. The van der Waals surface area contributed by atoms with Gasteiger partial charge in [0.2, 0.25) is 0 Å². The molecule has 0 radical (unpaired) electrons. The Labute approximate surface area is 119 Å². The molecule has 0 amide bonds. The van der Waals surface area contributed by atoms with Crippen molar-refractivity contribution in [3.8, 4) is 0 Å². The lowest BCUT2D eigenvalue weighted by Gasteiger charge is -2.31. The van der Waals surface area contributed by atoms with Gasteiger partial charge in [0.25, 0.3) is 0 Å². The Kier molecular flexibility index (Phi) is 4.05. The third-order valence-electron chi connectivity index (χ3n) is 4.63. The van der Waals surface area contributed by atoms with Crippen LogP contribution in [0.15, 0.2) is 28.7 Å². The molecule has 3 rings (SSSR count). The van der Waals surface area contributed by atoms with Crippen molar-refractivity contribution >= 4 is 15.9 Å². The van der Waals surface area contributed by atoms with Gasteiger partial charge < -0.3 is 0 Å². The van der Waals surface area contributed by atoms with Crippen molar-refractivity contribution in [2.75, 3.05) is 13.1 Å². The van der Waals surface area contributed by atoms with E-state index in [9.17, 15) is 0 Å². The molecule has 1 aliphatic heterocycles. The highest BCUT2D eigenvalue weighted by Crippen LogP contribution is 2.33. The SMILES string of the molecule is Brc1cccc(C2CCN(C3CCCCC3)C2)c1. The summed E-state index contributed by atoms with van der Waals surface area (Å²) in [4.78, 5) is 2.75. The van der Waals surface area contributed by atoms with E-state index in [1.54, 1.807) is 0 Å². The largest absolute Gasteiger partial charge is 0.300 e. The molecule has 0 aromatic heterocycles. The van der Waals surface area contributed by atoms with Gasteiger partial charge in [-0.15, -0.1) is 0 Å². The van der Waals surface area contributed by atoms with Gasteiger partial charge in [-0.05, 0) is 49.4 Å². The molecule has 1 unspecified atom stereocenters. The first-order chi connectivity index (χ1) is 8.83. The van der Waals surface area contributed by atoms with E-state index in [2.05, 4.69) is 45.1 Å². The monoisotopic (exact) mass is 307 g/mol. The average Bonchev–Trinajstić information content (AvgIpc) is 2.89. The van der Waals surface area contributed by atoms with E-state index in [1.165, 1.54) is 61.7 Å². The number of benzene rings is 1. The minimum absolute atomic E-state index is 0.754. The second-order valence-corrected chi connectivity index (χ2v) is 6.74. The number of halogens is 1. The van der Waals surface area contributed by atoms with Crippen molar-refractivity contribution in [3.63, 3.8) is 0 Å². The highest BCUT2D eigenvalue weighted by molar-refractivity contribution is 9.10. The van der Waals surface area contributed by atoms with Gasteiger partial charge in [0, 0.05) is 17.1 Å². The smallest absolute Gasteiger partial charge is 0.0178 e. The van der Waals surface area contributed by atoms with Crippen LogP contribution >= 0.6 is 15.9 Å². The van der Waals surface area contributed by atoms with Gasteiger partial charge in [0.15, 0.2) is 0 Å². The molecule has 1 nitrogen and oxygen atoms in total. The summed E-state index contributed by atoms with van der Waals surface area (Å²) in [7, 11) is 0. The number of hydrogen-bond acceptors (Lipinski definition) is 1. The standard InChI is InChI=1S/C16H22BrN/c17-15-6-4-5-13(11-15)14-9-10-18(12-14)16-7-2-1-3-8-16/h4-6,11,14,16H,1-3,7-10,12H2. The van der Waals surface area contributed by atoms with E-state index < -0.39 is 0 Å². The Bertz CT molecular complexity index is 398. The Morgan fingerprint density at radius 1 is 1.06 bits per heavy atom. The zero-order chi connectivity index (χ0) is 12.4. The predicted molar refractivity (Wildman–Crippen MR) is 79.9 cm³/mol. The van der Waals surface area contributed by atoms with Crippen molar-refractivity contribution < 1.29 is 0 Å². The fraction of sp³-hybridized carbons (Fsp3) is 0.625. The van der Waals surface area contributed by atoms with Crippen LogP contribution in [0.25, 0.3) is 0 Å². The quantitative estimate of drug-likeness (QED) is 0.773. The van der Waals surface area contributed by atoms with Gasteiger partial charge in [-0.25, -0.2) is 0 Å². The number of nitrogens with zero attached hydrogens (tertiary/aromatic N) is 1. The van der Waals surface area contributed by atoms with Crippen LogP contribution in [-0.2, 0) is 0 Å². The minimum atomic E-state index is 0.754. The van der Waals surface area contributed by atoms with E-state index in [0.717, 1.165) is 12.0 Å². The Morgan fingerprint density at radius 3 is 2.67 bits per heavy atom. The Balaban J connectivity index is 1.64. The lowest BCUT2D eigenvalue weighted by atomic mass is 9.94. The van der Waals surface area contributed by atoms with E-state index in [-0.39, 0.29) is 0 Å². The van der Waals surface area contributed by atoms with Crippen molar-refractivity contribution in [3.05, 3.63) is 34.3 Å². The highest BCUT2D eigenvalue weighted by atomic mass is 79.9. The summed E-state index contributed by atoms with van der Waals surface area (Å²) < 4.78 is 1.22. The first kappa shape index (κ1) is 12.7. The van der Waals surface area contributed by atoms with Crippen molar-refractivity contribution in [2.24, 2.45) is 0 Å². The van der Waals surface area contributed by atoms with Crippen LogP contribution in [0, 0.1) is 0 Å². The molecule has 1 aromatic rings. The first-order valence-corrected chi connectivity index (χ1v) is 8.12. The van der Waals surface area contributed by atoms with Gasteiger partial charge in [-0.3, -0.25) is 4.90 Å². The van der Waals surface area contributed by atoms with Crippen LogP contribution in [0.2, 0.25) is 0 Å². The van der Waals surface area contributed by atoms with Crippen LogP contribution in [0.4, 0.5) is 0 Å². The summed E-state index contributed by atoms with van der Waals surface area (Å²) >= 11 is 3.59. The number of hydrogen-bond donors (Lipinski definition) is 0. The van der Waals surface area contributed by atoms with Crippen LogP contribution < -0.4 is 0 Å². The predicted octanol–water partition coefficient (Wildman–Crippen LogP) is 4.57. The van der Waals surface area contributed by atoms with Crippen LogP contribution in [-0.4, -0.2) is 24.0 Å². The molecule has 1 atom stereocenters. The molecule has 0 spiro atoms. The van der Waals surface area contributed by atoms with Crippen LogP contribution in [0.3, 0.4) is 0 Å². The summed E-state index contributed by atoms with van der Waals surface area (Å²) in [5.74, 6) is 0.754. The van der Waals surface area contributed by atoms with Crippen LogP contribution in [0.1, 0.15) is 50.0 Å². The minimum Gasteiger partial charge on any atom is -0.300 e. The summed E-state index contributed by atoms with van der Waals surface area (Å²) in [6.07, 6.45) is 8.56. The van der Waals surface area contributed by atoms with Gasteiger partial charge in [0.05, 0.1) is 0 Å². The molecule has 1 saturated carbocycles. The molecule has 2 aliphatic rings.